The second-order valence-electron chi connectivity index (χ2n) is 4.10. The van der Waals surface area contributed by atoms with E-state index in [0.29, 0.717) is 19.7 Å². The minimum absolute atomic E-state index is 0.0871. The van der Waals surface area contributed by atoms with Crippen molar-refractivity contribution in [1.29, 1.82) is 5.26 Å². The summed E-state index contributed by atoms with van der Waals surface area (Å²) >= 11 is 0. The van der Waals surface area contributed by atoms with E-state index < -0.39 is 0 Å². The largest absolute Gasteiger partial charge is 0.500 e. The van der Waals surface area contributed by atoms with E-state index in [4.69, 9.17) is 10.00 Å². The summed E-state index contributed by atoms with van der Waals surface area (Å²) in [5.74, 6) is -0.215. The van der Waals surface area contributed by atoms with Gasteiger partial charge in [-0.3, -0.25) is 4.79 Å². The van der Waals surface area contributed by atoms with Crippen LogP contribution in [0.3, 0.4) is 0 Å². The first kappa shape index (κ1) is 16.5. The zero-order chi connectivity index (χ0) is 13.8. The summed E-state index contributed by atoms with van der Waals surface area (Å²) in [4.78, 5) is 13.9. The first-order valence-corrected chi connectivity index (χ1v) is 6.72. The standard InChI is InChI=1S/C14H24N2O2/c1-4-7-9-16(10-8-5-2)14(17)13(11-15)12-18-6-3/h12H,4-10H2,1-3H3/b13-12+. The summed E-state index contributed by atoms with van der Waals surface area (Å²) in [6.45, 7) is 7.87. The highest BCUT2D eigenvalue weighted by Crippen LogP contribution is 2.06. The molecule has 0 rings (SSSR count). The molecule has 0 aliphatic rings. The summed E-state index contributed by atoms with van der Waals surface area (Å²) in [5, 5.41) is 8.98. The Balaban J connectivity index is 4.64. The minimum atomic E-state index is -0.215. The maximum atomic E-state index is 12.1. The molecule has 0 aromatic rings. The number of carbonyl (C=O) groups is 1. The summed E-state index contributed by atoms with van der Waals surface area (Å²) in [6, 6.07) is 1.91. The predicted octanol–water partition coefficient (Wildman–Crippen LogP) is 2.86. The molecular formula is C14H24N2O2. The Morgan fingerprint density at radius 3 is 2.17 bits per heavy atom. The van der Waals surface area contributed by atoms with Gasteiger partial charge in [-0.25, -0.2) is 0 Å². The van der Waals surface area contributed by atoms with E-state index in [0.717, 1.165) is 25.7 Å². The fraction of sp³-hybridized carbons (Fsp3) is 0.714. The maximum Gasteiger partial charge on any atom is 0.267 e. The molecule has 0 aromatic carbocycles. The topological polar surface area (TPSA) is 53.3 Å². The highest BCUT2D eigenvalue weighted by atomic mass is 16.5. The van der Waals surface area contributed by atoms with Gasteiger partial charge in [0, 0.05) is 13.1 Å². The molecule has 0 N–H and O–H groups in total. The van der Waals surface area contributed by atoms with Crippen LogP contribution < -0.4 is 0 Å². The van der Waals surface area contributed by atoms with Gasteiger partial charge in [0.1, 0.15) is 12.3 Å². The Hall–Kier alpha value is -1.50. The second-order valence-corrected chi connectivity index (χ2v) is 4.10. The zero-order valence-electron chi connectivity index (χ0n) is 11.7. The van der Waals surface area contributed by atoms with Crippen LogP contribution in [0.15, 0.2) is 11.8 Å². The van der Waals surface area contributed by atoms with E-state index in [-0.39, 0.29) is 11.5 Å². The van der Waals surface area contributed by atoms with Crippen LogP contribution in [0.2, 0.25) is 0 Å². The molecule has 0 fully saturated rings. The molecule has 0 aromatic heterocycles. The van der Waals surface area contributed by atoms with Crippen molar-refractivity contribution < 1.29 is 9.53 Å². The van der Waals surface area contributed by atoms with Gasteiger partial charge in [-0.15, -0.1) is 0 Å². The number of nitriles is 1. The molecule has 0 aliphatic carbocycles. The van der Waals surface area contributed by atoms with Gasteiger partial charge in [-0.2, -0.15) is 5.26 Å². The fourth-order valence-electron chi connectivity index (χ4n) is 1.47. The third-order valence-corrected chi connectivity index (χ3v) is 2.57. The van der Waals surface area contributed by atoms with Gasteiger partial charge < -0.3 is 9.64 Å². The molecule has 0 bridgehead atoms. The van der Waals surface area contributed by atoms with Crippen molar-refractivity contribution in [2.45, 2.75) is 46.5 Å². The van der Waals surface area contributed by atoms with Gasteiger partial charge in [-0.05, 0) is 19.8 Å². The lowest BCUT2D eigenvalue weighted by Gasteiger charge is -2.21. The van der Waals surface area contributed by atoms with Gasteiger partial charge in [0.15, 0.2) is 5.57 Å². The number of ether oxygens (including phenoxy) is 1. The number of nitrogens with zero attached hydrogens (tertiary/aromatic N) is 2. The van der Waals surface area contributed by atoms with Gasteiger partial charge in [0.2, 0.25) is 0 Å². The zero-order valence-corrected chi connectivity index (χ0v) is 11.7. The highest BCUT2D eigenvalue weighted by molar-refractivity contribution is 5.96. The molecule has 4 heteroatoms. The van der Waals surface area contributed by atoms with E-state index in [1.54, 1.807) is 4.90 Å². The van der Waals surface area contributed by atoms with Crippen LogP contribution in [0.1, 0.15) is 46.5 Å². The number of hydrogen-bond donors (Lipinski definition) is 0. The average molecular weight is 252 g/mol. The lowest BCUT2D eigenvalue weighted by atomic mass is 10.2. The summed E-state index contributed by atoms with van der Waals surface area (Å²) in [7, 11) is 0. The molecule has 18 heavy (non-hydrogen) atoms. The highest BCUT2D eigenvalue weighted by Gasteiger charge is 2.17. The number of amides is 1. The number of unbranched alkanes of at least 4 members (excludes halogenated alkanes) is 2. The van der Waals surface area contributed by atoms with E-state index >= 15 is 0 Å². The van der Waals surface area contributed by atoms with Crippen LogP contribution in [0, 0.1) is 11.3 Å². The molecule has 4 nitrogen and oxygen atoms in total. The van der Waals surface area contributed by atoms with E-state index in [9.17, 15) is 4.79 Å². The lowest BCUT2D eigenvalue weighted by Crippen LogP contribution is -2.33. The smallest absolute Gasteiger partial charge is 0.267 e. The molecule has 102 valence electrons. The van der Waals surface area contributed by atoms with E-state index in [1.165, 1.54) is 6.26 Å². The monoisotopic (exact) mass is 252 g/mol. The van der Waals surface area contributed by atoms with Crippen molar-refractivity contribution in [1.82, 2.24) is 4.90 Å². The first-order valence-electron chi connectivity index (χ1n) is 6.72. The molecule has 0 spiro atoms. The van der Waals surface area contributed by atoms with E-state index in [1.807, 2.05) is 13.0 Å². The van der Waals surface area contributed by atoms with Gasteiger partial charge in [0.05, 0.1) is 6.61 Å². The molecule has 1 amide bonds. The lowest BCUT2D eigenvalue weighted by molar-refractivity contribution is -0.127. The minimum Gasteiger partial charge on any atom is -0.500 e. The molecule has 0 radical (unpaired) electrons. The maximum absolute atomic E-state index is 12.1. The second kappa shape index (κ2) is 10.6. The Morgan fingerprint density at radius 1 is 1.22 bits per heavy atom. The van der Waals surface area contributed by atoms with E-state index in [2.05, 4.69) is 13.8 Å². The number of carbonyl (C=O) groups excluding carboxylic acids is 1. The van der Waals surface area contributed by atoms with Crippen molar-refractivity contribution in [2.75, 3.05) is 19.7 Å². The van der Waals surface area contributed by atoms with Gasteiger partial charge in [0.25, 0.3) is 5.91 Å². The Morgan fingerprint density at radius 2 is 1.78 bits per heavy atom. The van der Waals surface area contributed by atoms with Gasteiger partial charge >= 0.3 is 0 Å². The molecule has 0 atom stereocenters. The molecule has 0 saturated heterocycles. The quantitative estimate of drug-likeness (QED) is 0.360. The molecular weight excluding hydrogens is 228 g/mol. The van der Waals surface area contributed by atoms with Crippen molar-refractivity contribution >= 4 is 5.91 Å². The third kappa shape index (κ3) is 6.29. The van der Waals surface area contributed by atoms with Crippen LogP contribution in [0.5, 0.6) is 0 Å². The van der Waals surface area contributed by atoms with Crippen molar-refractivity contribution in [2.24, 2.45) is 0 Å². The Kier molecular flexibility index (Phi) is 9.75. The normalized spacial score (nSPS) is 10.9. The molecule has 0 saturated carbocycles. The summed E-state index contributed by atoms with van der Waals surface area (Å²) in [6.07, 6.45) is 5.26. The van der Waals surface area contributed by atoms with Gasteiger partial charge in [-0.1, -0.05) is 26.7 Å². The average Bonchev–Trinajstić information content (AvgIpc) is 2.39. The van der Waals surface area contributed by atoms with Crippen molar-refractivity contribution in [3.05, 3.63) is 11.8 Å². The molecule has 0 heterocycles. The number of rotatable bonds is 9. The third-order valence-electron chi connectivity index (χ3n) is 2.57. The van der Waals surface area contributed by atoms with Crippen LogP contribution in [-0.4, -0.2) is 30.5 Å². The van der Waals surface area contributed by atoms with Crippen LogP contribution in [0.4, 0.5) is 0 Å². The number of hydrogen-bond acceptors (Lipinski definition) is 3. The molecule has 0 unspecified atom stereocenters. The molecule has 0 aliphatic heterocycles. The van der Waals surface area contributed by atoms with Crippen LogP contribution >= 0.6 is 0 Å². The fourth-order valence-corrected chi connectivity index (χ4v) is 1.47. The van der Waals surface area contributed by atoms with Crippen molar-refractivity contribution in [3.8, 4) is 6.07 Å². The Bertz CT molecular complexity index is 297. The van der Waals surface area contributed by atoms with Crippen LogP contribution in [0.25, 0.3) is 0 Å². The summed E-state index contributed by atoms with van der Waals surface area (Å²) in [5.41, 5.74) is 0.0871. The first-order chi connectivity index (χ1) is 8.71. The predicted molar refractivity (Wildman–Crippen MR) is 71.7 cm³/mol. The summed E-state index contributed by atoms with van der Waals surface area (Å²) < 4.78 is 5.03. The van der Waals surface area contributed by atoms with Crippen LogP contribution in [-0.2, 0) is 9.53 Å². The SMILES string of the molecule is CCCCN(CCCC)C(=O)/C(C#N)=C/OCC. The van der Waals surface area contributed by atoms with Crippen molar-refractivity contribution in [3.63, 3.8) is 0 Å². The Labute approximate surface area is 110 Å².